The third-order valence-electron chi connectivity index (χ3n) is 4.57. The van der Waals surface area contributed by atoms with Crippen molar-refractivity contribution >= 4 is 11.6 Å². The molecule has 1 fully saturated rings. The Kier molecular flexibility index (Phi) is 5.27. The monoisotopic (exact) mass is 338 g/mol. The number of hydrogen-bond donors (Lipinski definition) is 0. The normalized spacial score (nSPS) is 15.8. The first-order valence-corrected chi connectivity index (χ1v) is 8.86. The van der Waals surface area contributed by atoms with Crippen molar-refractivity contribution in [2.75, 3.05) is 31.1 Å². The van der Waals surface area contributed by atoms with E-state index in [9.17, 15) is 4.79 Å². The van der Waals surface area contributed by atoms with Gasteiger partial charge in [-0.2, -0.15) is 0 Å². The number of para-hydroxylation sites is 1. The molecule has 0 bridgehead atoms. The van der Waals surface area contributed by atoms with E-state index in [2.05, 4.69) is 23.1 Å². The smallest absolute Gasteiger partial charge is 0.263 e. The van der Waals surface area contributed by atoms with E-state index >= 15 is 0 Å². The Bertz CT molecular complexity index is 702. The molecule has 25 heavy (non-hydrogen) atoms. The fourth-order valence-electron chi connectivity index (χ4n) is 3.34. The van der Waals surface area contributed by atoms with E-state index < -0.39 is 6.10 Å². The lowest BCUT2D eigenvalue weighted by Crippen LogP contribution is -2.52. The Labute approximate surface area is 150 Å². The first kappa shape index (κ1) is 17.3. The van der Waals surface area contributed by atoms with Crippen molar-refractivity contribution in [3.63, 3.8) is 0 Å². The van der Waals surface area contributed by atoms with Gasteiger partial charge in [0.2, 0.25) is 0 Å². The lowest BCUT2D eigenvalue weighted by molar-refractivity contribution is -0.138. The number of anilines is 1. The molecule has 2 aromatic carbocycles. The number of ether oxygens (including phenoxy) is 1. The van der Waals surface area contributed by atoms with E-state index in [1.165, 1.54) is 5.69 Å². The van der Waals surface area contributed by atoms with Crippen LogP contribution in [0.1, 0.15) is 18.1 Å². The fourth-order valence-corrected chi connectivity index (χ4v) is 3.34. The summed E-state index contributed by atoms with van der Waals surface area (Å²) in [6.07, 6.45) is -0.468. The van der Waals surface area contributed by atoms with Gasteiger partial charge >= 0.3 is 0 Å². The molecular weight excluding hydrogens is 312 g/mol. The van der Waals surface area contributed by atoms with Gasteiger partial charge in [0.1, 0.15) is 5.75 Å². The van der Waals surface area contributed by atoms with E-state index in [0.29, 0.717) is 0 Å². The van der Waals surface area contributed by atoms with E-state index in [-0.39, 0.29) is 5.91 Å². The van der Waals surface area contributed by atoms with Crippen LogP contribution in [-0.4, -0.2) is 43.1 Å². The Morgan fingerprint density at radius 2 is 1.56 bits per heavy atom. The maximum Gasteiger partial charge on any atom is 0.263 e. The van der Waals surface area contributed by atoms with Crippen LogP contribution in [0.25, 0.3) is 0 Å². The molecule has 1 amide bonds. The first-order chi connectivity index (χ1) is 12.0. The predicted octanol–water partition coefficient (Wildman–Crippen LogP) is 3.42. The second-order valence-electron chi connectivity index (χ2n) is 6.73. The molecule has 1 saturated heterocycles. The summed E-state index contributed by atoms with van der Waals surface area (Å²) in [4.78, 5) is 16.9. The molecule has 1 heterocycles. The molecule has 1 atom stereocenters. The molecule has 0 aliphatic carbocycles. The van der Waals surface area contributed by atoms with E-state index in [1.807, 2.05) is 56.0 Å². The van der Waals surface area contributed by atoms with Crippen LogP contribution < -0.4 is 9.64 Å². The maximum atomic E-state index is 12.7. The summed E-state index contributed by atoms with van der Waals surface area (Å²) in [5, 5.41) is 0. The van der Waals surface area contributed by atoms with Crippen molar-refractivity contribution in [2.45, 2.75) is 26.9 Å². The molecule has 0 unspecified atom stereocenters. The standard InChI is InChI=1S/C21H26N2O2/c1-16-13-17(2)15-20(14-16)25-18(3)21(24)23-11-9-22(10-12-23)19-7-5-4-6-8-19/h4-8,13-15,18H,9-12H2,1-3H3/t18-/m0/s1. The van der Waals surface area contributed by atoms with Crippen LogP contribution in [0.5, 0.6) is 5.75 Å². The minimum absolute atomic E-state index is 0.0619. The summed E-state index contributed by atoms with van der Waals surface area (Å²) in [6.45, 7) is 9.08. The molecule has 0 spiro atoms. The number of carbonyl (C=O) groups excluding carboxylic acids is 1. The summed E-state index contributed by atoms with van der Waals surface area (Å²) >= 11 is 0. The molecule has 0 radical (unpaired) electrons. The molecule has 1 aliphatic rings. The summed E-state index contributed by atoms with van der Waals surface area (Å²) in [5.74, 6) is 0.827. The van der Waals surface area contributed by atoms with Crippen LogP contribution in [0.15, 0.2) is 48.5 Å². The van der Waals surface area contributed by atoms with Crippen molar-refractivity contribution in [1.82, 2.24) is 4.90 Å². The van der Waals surface area contributed by atoms with Gasteiger partial charge in [0.15, 0.2) is 6.10 Å². The summed E-state index contributed by atoms with van der Waals surface area (Å²) in [7, 11) is 0. The van der Waals surface area contributed by atoms with Crippen LogP contribution >= 0.6 is 0 Å². The molecule has 3 rings (SSSR count). The van der Waals surface area contributed by atoms with Gasteiger partial charge in [-0.3, -0.25) is 4.79 Å². The summed E-state index contributed by atoms with van der Waals surface area (Å²) < 4.78 is 5.90. The zero-order valence-corrected chi connectivity index (χ0v) is 15.2. The van der Waals surface area contributed by atoms with Crippen molar-refractivity contribution in [3.8, 4) is 5.75 Å². The van der Waals surface area contributed by atoms with E-state index in [4.69, 9.17) is 4.74 Å². The Morgan fingerprint density at radius 3 is 2.16 bits per heavy atom. The van der Waals surface area contributed by atoms with E-state index in [0.717, 1.165) is 43.1 Å². The zero-order valence-electron chi connectivity index (χ0n) is 15.2. The minimum Gasteiger partial charge on any atom is -0.481 e. The molecule has 0 aromatic heterocycles. The van der Waals surface area contributed by atoms with Crippen LogP contribution in [0, 0.1) is 13.8 Å². The average molecular weight is 338 g/mol. The van der Waals surface area contributed by atoms with Gasteiger partial charge in [0.25, 0.3) is 5.91 Å². The Morgan fingerprint density at radius 1 is 0.960 bits per heavy atom. The minimum atomic E-state index is -0.468. The maximum absolute atomic E-state index is 12.7. The van der Waals surface area contributed by atoms with Crippen molar-refractivity contribution in [3.05, 3.63) is 59.7 Å². The Balaban J connectivity index is 1.56. The molecule has 2 aromatic rings. The number of carbonyl (C=O) groups is 1. The molecule has 0 N–H and O–H groups in total. The van der Waals surface area contributed by atoms with Crippen molar-refractivity contribution in [1.29, 1.82) is 0 Å². The number of amides is 1. The highest BCUT2D eigenvalue weighted by atomic mass is 16.5. The van der Waals surface area contributed by atoms with Gasteiger partial charge in [0.05, 0.1) is 0 Å². The third-order valence-corrected chi connectivity index (χ3v) is 4.57. The Hall–Kier alpha value is -2.49. The van der Waals surface area contributed by atoms with Crippen LogP contribution in [0.3, 0.4) is 0 Å². The second kappa shape index (κ2) is 7.60. The first-order valence-electron chi connectivity index (χ1n) is 8.86. The highest BCUT2D eigenvalue weighted by molar-refractivity contribution is 5.81. The topological polar surface area (TPSA) is 32.8 Å². The lowest BCUT2D eigenvalue weighted by Gasteiger charge is -2.37. The number of piperazine rings is 1. The molecule has 0 saturated carbocycles. The third kappa shape index (κ3) is 4.32. The number of hydrogen-bond acceptors (Lipinski definition) is 3. The number of nitrogens with zero attached hydrogens (tertiary/aromatic N) is 2. The zero-order chi connectivity index (χ0) is 17.8. The number of benzene rings is 2. The largest absolute Gasteiger partial charge is 0.481 e. The van der Waals surface area contributed by atoms with Crippen LogP contribution in [0.2, 0.25) is 0 Å². The average Bonchev–Trinajstić information content (AvgIpc) is 2.61. The highest BCUT2D eigenvalue weighted by Crippen LogP contribution is 2.19. The van der Waals surface area contributed by atoms with Crippen LogP contribution in [-0.2, 0) is 4.79 Å². The fraction of sp³-hybridized carbons (Fsp3) is 0.381. The highest BCUT2D eigenvalue weighted by Gasteiger charge is 2.26. The lowest BCUT2D eigenvalue weighted by atomic mass is 10.1. The molecule has 132 valence electrons. The van der Waals surface area contributed by atoms with Crippen molar-refractivity contribution < 1.29 is 9.53 Å². The van der Waals surface area contributed by atoms with Crippen LogP contribution in [0.4, 0.5) is 5.69 Å². The van der Waals surface area contributed by atoms with E-state index in [1.54, 1.807) is 0 Å². The van der Waals surface area contributed by atoms with Crippen molar-refractivity contribution in [2.24, 2.45) is 0 Å². The van der Waals surface area contributed by atoms with Gasteiger partial charge in [-0.1, -0.05) is 24.3 Å². The quantitative estimate of drug-likeness (QED) is 0.856. The predicted molar refractivity (Wildman–Crippen MR) is 101 cm³/mol. The molecule has 4 heteroatoms. The van der Waals surface area contributed by atoms with Gasteiger partial charge in [0, 0.05) is 31.9 Å². The SMILES string of the molecule is Cc1cc(C)cc(O[C@@H](C)C(=O)N2CCN(c3ccccc3)CC2)c1. The summed E-state index contributed by atoms with van der Waals surface area (Å²) in [5.41, 5.74) is 3.51. The number of aryl methyl sites for hydroxylation is 2. The molecular formula is C21H26N2O2. The van der Waals surface area contributed by atoms with Gasteiger partial charge in [-0.05, 0) is 56.2 Å². The van der Waals surface area contributed by atoms with Gasteiger partial charge < -0.3 is 14.5 Å². The molecule has 1 aliphatic heterocycles. The number of rotatable bonds is 4. The summed E-state index contributed by atoms with van der Waals surface area (Å²) in [6, 6.07) is 16.4. The van der Waals surface area contributed by atoms with Gasteiger partial charge in [-0.15, -0.1) is 0 Å². The second-order valence-corrected chi connectivity index (χ2v) is 6.73. The molecule has 4 nitrogen and oxygen atoms in total. The van der Waals surface area contributed by atoms with Gasteiger partial charge in [-0.25, -0.2) is 0 Å².